The van der Waals surface area contributed by atoms with E-state index in [2.05, 4.69) is 5.32 Å². The Kier molecular flexibility index (Phi) is 5.01. The van der Waals surface area contributed by atoms with Gasteiger partial charge in [0.25, 0.3) is 0 Å². The molecule has 0 amide bonds. The van der Waals surface area contributed by atoms with Crippen LogP contribution in [0.15, 0.2) is 35.7 Å². The van der Waals surface area contributed by atoms with Crippen LogP contribution in [0.2, 0.25) is 0 Å². The molecule has 0 fully saturated rings. The van der Waals surface area contributed by atoms with E-state index in [4.69, 9.17) is 4.74 Å². The Labute approximate surface area is 124 Å². The van der Waals surface area contributed by atoms with E-state index in [1.807, 2.05) is 6.92 Å². The Balaban J connectivity index is 1.90. The van der Waals surface area contributed by atoms with Gasteiger partial charge in [0.1, 0.15) is 0 Å². The van der Waals surface area contributed by atoms with Crippen LogP contribution in [0.3, 0.4) is 0 Å². The number of rotatable bonds is 6. The summed E-state index contributed by atoms with van der Waals surface area (Å²) >= 11 is 0. The molecule has 1 unspecified atom stereocenters. The first-order chi connectivity index (χ1) is 10.00. The molecule has 1 aromatic rings. The molecule has 114 valence electrons. The van der Waals surface area contributed by atoms with Crippen molar-refractivity contribution < 1.29 is 17.9 Å². The Morgan fingerprint density at radius 2 is 2.05 bits per heavy atom. The zero-order valence-electron chi connectivity index (χ0n) is 11.9. The normalized spacial score (nSPS) is 19.4. The van der Waals surface area contributed by atoms with E-state index in [9.17, 15) is 13.2 Å². The molecule has 0 bridgehead atoms. The quantitative estimate of drug-likeness (QED) is 0.645. The third-order valence-corrected chi connectivity index (χ3v) is 4.53. The number of carbonyl (C=O) groups excluding carboxylic acids is 1. The van der Waals surface area contributed by atoms with Gasteiger partial charge in [-0.15, -0.1) is 0 Å². The highest BCUT2D eigenvalue weighted by molar-refractivity contribution is 7.94. The Morgan fingerprint density at radius 1 is 1.33 bits per heavy atom. The van der Waals surface area contributed by atoms with Gasteiger partial charge in [0.05, 0.1) is 24.0 Å². The first kappa shape index (κ1) is 15.6. The molecule has 0 saturated carbocycles. The molecule has 0 aromatic heterocycles. The van der Waals surface area contributed by atoms with E-state index in [-0.39, 0.29) is 17.8 Å². The zero-order chi connectivity index (χ0) is 15.3. The van der Waals surface area contributed by atoms with Gasteiger partial charge in [0.15, 0.2) is 9.84 Å². The maximum absolute atomic E-state index is 11.7. The van der Waals surface area contributed by atoms with Crippen molar-refractivity contribution >= 4 is 21.5 Å². The summed E-state index contributed by atoms with van der Waals surface area (Å²) in [6.07, 6.45) is 3.46. The van der Waals surface area contributed by atoms with Crippen molar-refractivity contribution in [2.24, 2.45) is 0 Å². The standard InChI is InChI=1S/C15H19NO4S/c1-2-3-9-20-15(17)12-4-6-13(7-5-12)16-14-8-10-21(18,19)11-14/h4-8,10,14,16H,2-3,9,11H2,1H3. The van der Waals surface area contributed by atoms with Crippen molar-refractivity contribution in [1.29, 1.82) is 0 Å². The van der Waals surface area contributed by atoms with Crippen LogP contribution < -0.4 is 5.32 Å². The molecule has 1 atom stereocenters. The summed E-state index contributed by atoms with van der Waals surface area (Å²) in [6.45, 7) is 2.46. The second-order valence-electron chi connectivity index (χ2n) is 4.98. The summed E-state index contributed by atoms with van der Waals surface area (Å²) in [6, 6.07) is 6.61. The maximum atomic E-state index is 11.7. The number of sulfone groups is 1. The molecule has 0 saturated heterocycles. The molecule has 2 rings (SSSR count). The summed E-state index contributed by atoms with van der Waals surface area (Å²) in [5.74, 6) is -0.272. The average molecular weight is 309 g/mol. The van der Waals surface area contributed by atoms with Crippen molar-refractivity contribution in [2.75, 3.05) is 17.7 Å². The highest BCUT2D eigenvalue weighted by atomic mass is 32.2. The third kappa shape index (κ3) is 4.60. The van der Waals surface area contributed by atoms with E-state index in [0.29, 0.717) is 12.2 Å². The number of nitrogens with one attached hydrogen (secondary N) is 1. The van der Waals surface area contributed by atoms with E-state index >= 15 is 0 Å². The second kappa shape index (κ2) is 6.76. The molecule has 0 aliphatic carbocycles. The van der Waals surface area contributed by atoms with Gasteiger partial charge in [-0.05, 0) is 30.7 Å². The number of ether oxygens (including phenoxy) is 1. The number of carbonyl (C=O) groups is 1. The van der Waals surface area contributed by atoms with Crippen LogP contribution >= 0.6 is 0 Å². The monoisotopic (exact) mass is 309 g/mol. The average Bonchev–Trinajstić information content (AvgIpc) is 2.79. The molecular weight excluding hydrogens is 290 g/mol. The van der Waals surface area contributed by atoms with Crippen molar-refractivity contribution in [3.63, 3.8) is 0 Å². The number of benzene rings is 1. The van der Waals surface area contributed by atoms with Crippen molar-refractivity contribution in [3.8, 4) is 0 Å². The molecule has 1 aromatic carbocycles. The van der Waals surface area contributed by atoms with Crippen LogP contribution in [-0.2, 0) is 14.6 Å². The Morgan fingerprint density at radius 3 is 2.62 bits per heavy atom. The minimum atomic E-state index is -3.07. The third-order valence-electron chi connectivity index (χ3n) is 3.13. The minimum absolute atomic E-state index is 0.0633. The van der Waals surface area contributed by atoms with Crippen LogP contribution in [0.25, 0.3) is 0 Å². The van der Waals surface area contributed by atoms with Crippen LogP contribution in [0.4, 0.5) is 5.69 Å². The largest absolute Gasteiger partial charge is 0.462 e. The van der Waals surface area contributed by atoms with Crippen LogP contribution in [0.1, 0.15) is 30.1 Å². The molecule has 21 heavy (non-hydrogen) atoms. The van der Waals surface area contributed by atoms with Gasteiger partial charge in [-0.3, -0.25) is 0 Å². The molecule has 1 N–H and O–H groups in total. The van der Waals surface area contributed by atoms with E-state index in [1.165, 1.54) is 5.41 Å². The molecule has 6 heteroatoms. The highest BCUT2D eigenvalue weighted by Gasteiger charge is 2.21. The summed E-state index contributed by atoms with van der Waals surface area (Å²) < 4.78 is 27.7. The summed E-state index contributed by atoms with van der Waals surface area (Å²) in [4.78, 5) is 11.7. The van der Waals surface area contributed by atoms with Crippen molar-refractivity contribution in [2.45, 2.75) is 25.8 Å². The van der Waals surface area contributed by atoms with Gasteiger partial charge in [-0.2, -0.15) is 0 Å². The summed E-state index contributed by atoms with van der Waals surface area (Å²) in [5, 5.41) is 4.32. The lowest BCUT2D eigenvalue weighted by molar-refractivity contribution is 0.0500. The van der Waals surface area contributed by atoms with Gasteiger partial charge in [0.2, 0.25) is 0 Å². The molecule has 1 aliphatic heterocycles. The molecule has 1 heterocycles. The molecular formula is C15H19NO4S. The fraction of sp³-hybridized carbons (Fsp3) is 0.400. The lowest BCUT2D eigenvalue weighted by Gasteiger charge is -2.11. The number of hydrogen-bond acceptors (Lipinski definition) is 5. The maximum Gasteiger partial charge on any atom is 0.338 e. The molecule has 1 aliphatic rings. The highest BCUT2D eigenvalue weighted by Crippen LogP contribution is 2.16. The Bertz CT molecular complexity index is 620. The summed E-state index contributed by atoms with van der Waals surface area (Å²) in [5.41, 5.74) is 1.26. The number of unbranched alkanes of at least 4 members (excludes halogenated alkanes) is 1. The van der Waals surface area contributed by atoms with E-state index in [0.717, 1.165) is 18.5 Å². The minimum Gasteiger partial charge on any atom is -0.462 e. The Hall–Kier alpha value is -1.82. The first-order valence-corrected chi connectivity index (χ1v) is 8.66. The topological polar surface area (TPSA) is 72.5 Å². The smallest absolute Gasteiger partial charge is 0.338 e. The molecule has 5 nitrogen and oxygen atoms in total. The van der Waals surface area contributed by atoms with Crippen molar-refractivity contribution in [3.05, 3.63) is 41.3 Å². The van der Waals surface area contributed by atoms with E-state index in [1.54, 1.807) is 30.3 Å². The SMILES string of the molecule is CCCCOC(=O)c1ccc(NC2C=CS(=O)(=O)C2)cc1. The number of anilines is 1. The fourth-order valence-electron chi connectivity index (χ4n) is 1.97. The molecule has 0 radical (unpaired) electrons. The lowest BCUT2D eigenvalue weighted by atomic mass is 10.2. The first-order valence-electron chi connectivity index (χ1n) is 6.95. The van der Waals surface area contributed by atoms with Crippen LogP contribution in [0, 0.1) is 0 Å². The van der Waals surface area contributed by atoms with Gasteiger partial charge in [-0.1, -0.05) is 19.4 Å². The van der Waals surface area contributed by atoms with E-state index < -0.39 is 9.84 Å². The number of hydrogen-bond donors (Lipinski definition) is 1. The fourth-order valence-corrected chi connectivity index (χ4v) is 3.21. The molecule has 0 spiro atoms. The number of esters is 1. The predicted octanol–water partition coefficient (Wildman–Crippen LogP) is 2.37. The van der Waals surface area contributed by atoms with Gasteiger partial charge >= 0.3 is 5.97 Å². The van der Waals surface area contributed by atoms with Crippen molar-refractivity contribution in [1.82, 2.24) is 0 Å². The zero-order valence-corrected chi connectivity index (χ0v) is 12.7. The van der Waals surface area contributed by atoms with Crippen LogP contribution in [-0.4, -0.2) is 32.8 Å². The predicted molar refractivity (Wildman–Crippen MR) is 82.0 cm³/mol. The van der Waals surface area contributed by atoms with Crippen LogP contribution in [0.5, 0.6) is 0 Å². The lowest BCUT2D eigenvalue weighted by Crippen LogP contribution is -2.20. The van der Waals surface area contributed by atoms with Gasteiger partial charge < -0.3 is 10.1 Å². The second-order valence-corrected chi connectivity index (χ2v) is 6.91. The summed E-state index contributed by atoms with van der Waals surface area (Å²) in [7, 11) is -3.07. The van der Waals surface area contributed by atoms with Gasteiger partial charge in [-0.25, -0.2) is 13.2 Å². The van der Waals surface area contributed by atoms with Gasteiger partial charge in [0, 0.05) is 11.1 Å².